The van der Waals surface area contributed by atoms with E-state index < -0.39 is 10.0 Å². The zero-order valence-electron chi connectivity index (χ0n) is 13.8. The van der Waals surface area contributed by atoms with Crippen molar-refractivity contribution in [2.24, 2.45) is 0 Å². The maximum atomic E-state index is 12.4. The summed E-state index contributed by atoms with van der Waals surface area (Å²) in [6.07, 6.45) is 1.66. The van der Waals surface area contributed by atoms with Crippen molar-refractivity contribution in [3.05, 3.63) is 59.9 Å². The van der Waals surface area contributed by atoms with E-state index in [-0.39, 0.29) is 10.8 Å². The number of aromatic nitrogens is 1. The number of benzene rings is 1. The molecule has 7 heteroatoms. The van der Waals surface area contributed by atoms with Crippen molar-refractivity contribution in [2.75, 3.05) is 13.1 Å². The summed E-state index contributed by atoms with van der Waals surface area (Å²) in [6.45, 7) is 4.72. The van der Waals surface area contributed by atoms with Gasteiger partial charge in [-0.2, -0.15) is 4.31 Å². The predicted molar refractivity (Wildman–Crippen MR) is 92.0 cm³/mol. The first-order valence-corrected chi connectivity index (χ1v) is 9.21. The van der Waals surface area contributed by atoms with Gasteiger partial charge in [-0.1, -0.05) is 19.9 Å². The molecule has 0 unspecified atom stereocenters. The van der Waals surface area contributed by atoms with Crippen LogP contribution in [0, 0.1) is 0 Å². The Bertz CT molecular complexity index is 770. The van der Waals surface area contributed by atoms with E-state index in [0.717, 1.165) is 5.69 Å². The highest BCUT2D eigenvalue weighted by Crippen LogP contribution is 2.16. The van der Waals surface area contributed by atoms with Gasteiger partial charge in [0.2, 0.25) is 10.0 Å². The highest BCUT2D eigenvalue weighted by atomic mass is 32.2. The van der Waals surface area contributed by atoms with Crippen LogP contribution in [0.25, 0.3) is 0 Å². The van der Waals surface area contributed by atoms with Crippen LogP contribution in [-0.4, -0.2) is 36.7 Å². The van der Waals surface area contributed by atoms with Crippen molar-refractivity contribution in [3.8, 4) is 0 Å². The number of hydrogen-bond donors (Lipinski definition) is 1. The van der Waals surface area contributed by atoms with Gasteiger partial charge in [0.05, 0.1) is 17.1 Å². The molecular weight excluding hydrogens is 326 g/mol. The Morgan fingerprint density at radius 3 is 2.29 bits per heavy atom. The molecule has 24 heavy (non-hydrogen) atoms. The average molecular weight is 347 g/mol. The summed E-state index contributed by atoms with van der Waals surface area (Å²) in [4.78, 5) is 16.4. The third kappa shape index (κ3) is 4.18. The Labute approximate surface area is 142 Å². The minimum atomic E-state index is -3.51. The second kappa shape index (κ2) is 8.03. The Balaban J connectivity index is 2.07. The van der Waals surface area contributed by atoms with Crippen LogP contribution in [0.1, 0.15) is 29.9 Å². The molecule has 0 atom stereocenters. The van der Waals surface area contributed by atoms with Gasteiger partial charge >= 0.3 is 0 Å². The van der Waals surface area contributed by atoms with Crippen molar-refractivity contribution >= 4 is 15.9 Å². The zero-order valence-corrected chi connectivity index (χ0v) is 14.6. The molecule has 128 valence electrons. The van der Waals surface area contributed by atoms with Crippen LogP contribution < -0.4 is 5.32 Å². The number of nitrogens with zero attached hydrogens (tertiary/aromatic N) is 2. The van der Waals surface area contributed by atoms with Crippen LogP contribution >= 0.6 is 0 Å². The molecule has 2 rings (SSSR count). The smallest absolute Gasteiger partial charge is 0.251 e. The zero-order chi connectivity index (χ0) is 17.6. The summed E-state index contributed by atoms with van der Waals surface area (Å²) in [7, 11) is -3.51. The number of carbonyl (C=O) groups is 1. The molecule has 0 bridgehead atoms. The lowest BCUT2D eigenvalue weighted by atomic mass is 10.2. The van der Waals surface area contributed by atoms with Gasteiger partial charge in [0, 0.05) is 24.8 Å². The van der Waals surface area contributed by atoms with Crippen molar-refractivity contribution in [1.29, 1.82) is 0 Å². The van der Waals surface area contributed by atoms with E-state index in [1.54, 1.807) is 26.1 Å². The lowest BCUT2D eigenvalue weighted by Crippen LogP contribution is -2.30. The summed E-state index contributed by atoms with van der Waals surface area (Å²) in [5.74, 6) is -0.271. The van der Waals surface area contributed by atoms with Crippen molar-refractivity contribution < 1.29 is 13.2 Å². The molecule has 6 nitrogen and oxygen atoms in total. The number of rotatable bonds is 7. The van der Waals surface area contributed by atoms with E-state index in [2.05, 4.69) is 10.3 Å². The third-order valence-electron chi connectivity index (χ3n) is 3.62. The lowest BCUT2D eigenvalue weighted by molar-refractivity contribution is 0.0950. The van der Waals surface area contributed by atoms with Crippen LogP contribution in [0.5, 0.6) is 0 Å². The number of amides is 1. The average Bonchev–Trinajstić information content (AvgIpc) is 2.61. The van der Waals surface area contributed by atoms with Gasteiger partial charge in [0.1, 0.15) is 0 Å². The molecule has 0 aliphatic carbocycles. The molecular formula is C17H21N3O3S. The second-order valence-corrected chi connectivity index (χ2v) is 7.06. The molecule has 0 spiro atoms. The summed E-state index contributed by atoms with van der Waals surface area (Å²) in [6, 6.07) is 11.4. The molecule has 1 heterocycles. The topological polar surface area (TPSA) is 79.4 Å². The quantitative estimate of drug-likeness (QED) is 0.831. The molecule has 1 aromatic heterocycles. The van der Waals surface area contributed by atoms with Gasteiger partial charge in [-0.05, 0) is 36.4 Å². The standard InChI is InChI=1S/C17H21N3O3S/c1-3-20(4-2)24(22,23)16-10-8-14(9-11-16)17(21)19-13-15-7-5-6-12-18-15/h5-12H,3-4,13H2,1-2H3,(H,19,21). The van der Waals surface area contributed by atoms with Gasteiger partial charge in [-0.25, -0.2) is 8.42 Å². The Morgan fingerprint density at radius 1 is 1.08 bits per heavy atom. The van der Waals surface area contributed by atoms with Gasteiger partial charge in [-0.15, -0.1) is 0 Å². The number of carbonyl (C=O) groups excluding carboxylic acids is 1. The molecule has 1 aromatic carbocycles. The molecule has 1 amide bonds. The summed E-state index contributed by atoms with van der Waals surface area (Å²) in [5, 5.41) is 2.76. The number of hydrogen-bond acceptors (Lipinski definition) is 4. The van der Waals surface area contributed by atoms with Crippen LogP contribution in [0.3, 0.4) is 0 Å². The van der Waals surface area contributed by atoms with Crippen LogP contribution in [0.2, 0.25) is 0 Å². The monoisotopic (exact) mass is 347 g/mol. The van der Waals surface area contributed by atoms with Crippen LogP contribution in [0.15, 0.2) is 53.6 Å². The fraction of sp³-hybridized carbons (Fsp3) is 0.294. The summed E-state index contributed by atoms with van der Waals surface area (Å²) >= 11 is 0. The van der Waals surface area contributed by atoms with Gasteiger partial charge in [0.25, 0.3) is 5.91 Å². The maximum absolute atomic E-state index is 12.4. The van der Waals surface area contributed by atoms with E-state index in [0.29, 0.717) is 25.2 Å². The minimum absolute atomic E-state index is 0.187. The fourth-order valence-corrected chi connectivity index (χ4v) is 3.72. The highest BCUT2D eigenvalue weighted by Gasteiger charge is 2.21. The number of nitrogens with one attached hydrogen (secondary N) is 1. The highest BCUT2D eigenvalue weighted by molar-refractivity contribution is 7.89. The molecule has 0 aliphatic heterocycles. The first kappa shape index (κ1) is 18.1. The predicted octanol–water partition coefficient (Wildman–Crippen LogP) is 2.04. The van der Waals surface area contributed by atoms with Crippen molar-refractivity contribution in [2.45, 2.75) is 25.3 Å². The Hall–Kier alpha value is -2.25. The second-order valence-electron chi connectivity index (χ2n) is 5.12. The maximum Gasteiger partial charge on any atom is 0.251 e. The Morgan fingerprint density at radius 2 is 1.75 bits per heavy atom. The fourth-order valence-electron chi connectivity index (χ4n) is 2.27. The first-order chi connectivity index (χ1) is 11.5. The van der Waals surface area contributed by atoms with E-state index >= 15 is 0 Å². The molecule has 0 saturated carbocycles. The molecule has 0 saturated heterocycles. The van der Waals surface area contributed by atoms with Crippen LogP contribution in [-0.2, 0) is 16.6 Å². The molecule has 0 radical (unpaired) electrons. The van der Waals surface area contributed by atoms with Crippen molar-refractivity contribution in [3.63, 3.8) is 0 Å². The molecule has 0 aliphatic rings. The van der Waals surface area contributed by atoms with Gasteiger partial charge in [-0.3, -0.25) is 9.78 Å². The van der Waals surface area contributed by atoms with Crippen LogP contribution in [0.4, 0.5) is 0 Å². The third-order valence-corrected chi connectivity index (χ3v) is 5.68. The lowest BCUT2D eigenvalue weighted by Gasteiger charge is -2.18. The summed E-state index contributed by atoms with van der Waals surface area (Å²) in [5.41, 5.74) is 1.16. The molecule has 1 N–H and O–H groups in total. The SMILES string of the molecule is CCN(CC)S(=O)(=O)c1ccc(C(=O)NCc2ccccn2)cc1. The van der Waals surface area contributed by atoms with E-state index in [9.17, 15) is 13.2 Å². The first-order valence-electron chi connectivity index (χ1n) is 7.77. The summed E-state index contributed by atoms with van der Waals surface area (Å²) < 4.78 is 26.2. The normalized spacial score (nSPS) is 11.5. The van der Waals surface area contributed by atoms with E-state index in [1.807, 2.05) is 12.1 Å². The van der Waals surface area contributed by atoms with E-state index in [1.165, 1.54) is 28.6 Å². The molecule has 2 aromatic rings. The van der Waals surface area contributed by atoms with Gasteiger partial charge < -0.3 is 5.32 Å². The largest absolute Gasteiger partial charge is 0.346 e. The van der Waals surface area contributed by atoms with Crippen molar-refractivity contribution in [1.82, 2.24) is 14.6 Å². The number of sulfonamides is 1. The van der Waals surface area contributed by atoms with E-state index in [4.69, 9.17) is 0 Å². The Kier molecular flexibility index (Phi) is 6.05. The number of pyridine rings is 1. The van der Waals surface area contributed by atoms with Gasteiger partial charge in [0.15, 0.2) is 0 Å². The minimum Gasteiger partial charge on any atom is -0.346 e. The molecule has 0 fully saturated rings.